The molecular weight excluding hydrogens is 465 g/mol. The van der Waals surface area contributed by atoms with E-state index in [1.54, 1.807) is 0 Å². The number of nitrogens with one attached hydrogen (secondary N) is 1. The topological polar surface area (TPSA) is 56.9 Å². The monoisotopic (exact) mass is 497 g/mol. The van der Waals surface area contributed by atoms with Gasteiger partial charge in [0.15, 0.2) is 5.96 Å². The lowest BCUT2D eigenvalue weighted by Crippen LogP contribution is -2.52. The maximum atomic E-state index is 5.86. The maximum Gasteiger partial charge on any atom is 0.213 e. The van der Waals surface area contributed by atoms with Gasteiger partial charge in [0.25, 0.3) is 0 Å². The van der Waals surface area contributed by atoms with Gasteiger partial charge in [-0.25, -0.2) is 4.98 Å². The minimum Gasteiger partial charge on any atom is -0.443 e. The van der Waals surface area contributed by atoms with Crippen molar-refractivity contribution in [2.24, 2.45) is 4.99 Å². The largest absolute Gasteiger partial charge is 0.443 e. The number of halogens is 1. The fourth-order valence-electron chi connectivity index (χ4n) is 3.19. The molecule has 0 bridgehead atoms. The molecule has 28 heavy (non-hydrogen) atoms. The van der Waals surface area contributed by atoms with Crippen LogP contribution >= 0.6 is 24.0 Å². The van der Waals surface area contributed by atoms with Gasteiger partial charge < -0.3 is 14.6 Å². The van der Waals surface area contributed by atoms with Crippen molar-refractivity contribution in [2.45, 2.75) is 39.3 Å². The molecule has 0 unspecified atom stereocenters. The Morgan fingerprint density at radius 2 is 1.82 bits per heavy atom. The SMILES string of the molecule is CN=C(NCc1ncc(C(C)(C)C)o1)N1CCN(Cc2ccccc2)CC1.I. The quantitative estimate of drug-likeness (QED) is 0.398. The Hall–Kier alpha value is -1.61. The molecule has 0 spiro atoms. The summed E-state index contributed by atoms with van der Waals surface area (Å²) in [5, 5.41) is 3.39. The smallest absolute Gasteiger partial charge is 0.213 e. The molecule has 0 saturated carbocycles. The van der Waals surface area contributed by atoms with E-state index in [0.717, 1.165) is 44.4 Å². The second-order valence-electron chi connectivity index (χ2n) is 8.02. The highest BCUT2D eigenvalue weighted by atomic mass is 127. The zero-order valence-electron chi connectivity index (χ0n) is 17.3. The van der Waals surface area contributed by atoms with Crippen molar-refractivity contribution in [3.05, 3.63) is 53.7 Å². The number of aromatic nitrogens is 1. The Balaban J connectivity index is 0.00000280. The van der Waals surface area contributed by atoms with Gasteiger partial charge in [-0.2, -0.15) is 0 Å². The Labute approximate surface area is 185 Å². The number of aliphatic imine (C=N–C) groups is 1. The van der Waals surface area contributed by atoms with Crippen molar-refractivity contribution in [1.29, 1.82) is 0 Å². The molecular formula is C21H32IN5O. The van der Waals surface area contributed by atoms with Crippen LogP contribution in [0.3, 0.4) is 0 Å². The Kier molecular flexibility index (Phi) is 8.30. The highest BCUT2D eigenvalue weighted by molar-refractivity contribution is 14.0. The van der Waals surface area contributed by atoms with Crippen LogP contribution in [0.5, 0.6) is 0 Å². The zero-order chi connectivity index (χ0) is 19.3. The molecule has 1 fully saturated rings. The highest BCUT2D eigenvalue weighted by Gasteiger charge is 2.21. The van der Waals surface area contributed by atoms with Crippen LogP contribution in [-0.4, -0.2) is 54.0 Å². The van der Waals surface area contributed by atoms with E-state index in [2.05, 4.69) is 76.2 Å². The van der Waals surface area contributed by atoms with Crippen LogP contribution in [0.15, 0.2) is 45.9 Å². The molecule has 7 heteroatoms. The first-order valence-electron chi connectivity index (χ1n) is 9.63. The third-order valence-corrected chi connectivity index (χ3v) is 4.82. The second-order valence-corrected chi connectivity index (χ2v) is 8.02. The van der Waals surface area contributed by atoms with Gasteiger partial charge in [0.2, 0.25) is 5.89 Å². The van der Waals surface area contributed by atoms with E-state index in [9.17, 15) is 0 Å². The molecule has 1 aromatic heterocycles. The van der Waals surface area contributed by atoms with Crippen molar-refractivity contribution in [3.8, 4) is 0 Å². The lowest BCUT2D eigenvalue weighted by atomic mass is 9.94. The average molecular weight is 497 g/mol. The summed E-state index contributed by atoms with van der Waals surface area (Å²) in [5.41, 5.74) is 1.34. The van der Waals surface area contributed by atoms with Crippen molar-refractivity contribution < 1.29 is 4.42 Å². The van der Waals surface area contributed by atoms with E-state index >= 15 is 0 Å². The third kappa shape index (κ3) is 6.20. The summed E-state index contributed by atoms with van der Waals surface area (Å²) in [4.78, 5) is 13.6. The number of piperazine rings is 1. The molecule has 1 saturated heterocycles. The van der Waals surface area contributed by atoms with Gasteiger partial charge in [-0.3, -0.25) is 9.89 Å². The van der Waals surface area contributed by atoms with Crippen LogP contribution in [-0.2, 0) is 18.5 Å². The molecule has 0 atom stereocenters. The van der Waals surface area contributed by atoms with Crippen molar-refractivity contribution in [3.63, 3.8) is 0 Å². The number of nitrogens with zero attached hydrogens (tertiary/aromatic N) is 4. The van der Waals surface area contributed by atoms with E-state index < -0.39 is 0 Å². The molecule has 1 aliphatic rings. The number of hydrogen-bond acceptors (Lipinski definition) is 4. The minimum absolute atomic E-state index is 0. The van der Waals surface area contributed by atoms with E-state index in [1.807, 2.05) is 13.2 Å². The van der Waals surface area contributed by atoms with Gasteiger partial charge in [-0.15, -0.1) is 24.0 Å². The molecule has 0 aliphatic carbocycles. The molecule has 2 heterocycles. The van der Waals surface area contributed by atoms with E-state index in [4.69, 9.17) is 4.42 Å². The van der Waals surface area contributed by atoms with Crippen molar-refractivity contribution >= 4 is 29.9 Å². The molecule has 0 amide bonds. The van der Waals surface area contributed by atoms with Crippen LogP contribution in [0, 0.1) is 0 Å². The number of guanidine groups is 1. The molecule has 1 N–H and O–H groups in total. The molecule has 1 aliphatic heterocycles. The molecule has 154 valence electrons. The van der Waals surface area contributed by atoms with Crippen LogP contribution < -0.4 is 5.32 Å². The van der Waals surface area contributed by atoms with Crippen LogP contribution in [0.25, 0.3) is 0 Å². The first-order chi connectivity index (χ1) is 13.0. The number of rotatable bonds is 4. The summed E-state index contributed by atoms with van der Waals surface area (Å²) < 4.78 is 5.86. The van der Waals surface area contributed by atoms with Gasteiger partial charge in [0.1, 0.15) is 5.76 Å². The fourth-order valence-corrected chi connectivity index (χ4v) is 3.19. The van der Waals surface area contributed by atoms with Crippen LogP contribution in [0.1, 0.15) is 38.0 Å². The van der Waals surface area contributed by atoms with Gasteiger partial charge in [-0.05, 0) is 5.56 Å². The van der Waals surface area contributed by atoms with Crippen LogP contribution in [0.2, 0.25) is 0 Å². The van der Waals surface area contributed by atoms with Gasteiger partial charge >= 0.3 is 0 Å². The standard InChI is InChI=1S/C21H31N5O.HI/c1-21(2,3)18-14-23-19(27-18)15-24-20(22-4)26-12-10-25(11-13-26)16-17-8-6-5-7-9-17;/h5-9,14H,10-13,15-16H2,1-4H3,(H,22,24);1H. The number of benzene rings is 1. The molecule has 0 radical (unpaired) electrons. The lowest BCUT2D eigenvalue weighted by molar-refractivity contribution is 0.172. The normalized spacial score (nSPS) is 16.0. The predicted molar refractivity (Wildman–Crippen MR) is 124 cm³/mol. The molecule has 6 nitrogen and oxygen atoms in total. The Morgan fingerprint density at radius 3 is 2.39 bits per heavy atom. The van der Waals surface area contributed by atoms with E-state index in [-0.39, 0.29) is 29.4 Å². The highest BCUT2D eigenvalue weighted by Crippen LogP contribution is 2.22. The Morgan fingerprint density at radius 1 is 1.14 bits per heavy atom. The number of hydrogen-bond donors (Lipinski definition) is 1. The van der Waals surface area contributed by atoms with Crippen LogP contribution in [0.4, 0.5) is 0 Å². The average Bonchev–Trinajstić information content (AvgIpc) is 3.14. The summed E-state index contributed by atoms with van der Waals surface area (Å²) in [6.07, 6.45) is 1.82. The molecule has 2 aromatic rings. The summed E-state index contributed by atoms with van der Waals surface area (Å²) in [6.45, 7) is 11.9. The number of oxazole rings is 1. The predicted octanol–water partition coefficient (Wildman–Crippen LogP) is 3.48. The fraction of sp³-hybridized carbons (Fsp3) is 0.524. The summed E-state index contributed by atoms with van der Waals surface area (Å²) in [7, 11) is 1.83. The third-order valence-electron chi connectivity index (χ3n) is 4.82. The Bertz CT molecular complexity index is 746. The van der Waals surface area contributed by atoms with Crippen molar-refractivity contribution in [1.82, 2.24) is 20.1 Å². The molecule has 1 aromatic carbocycles. The first-order valence-corrected chi connectivity index (χ1v) is 9.63. The second kappa shape index (κ2) is 10.2. The van der Waals surface area contributed by atoms with Gasteiger partial charge in [0, 0.05) is 45.2 Å². The zero-order valence-corrected chi connectivity index (χ0v) is 19.6. The van der Waals surface area contributed by atoms with Gasteiger partial charge in [0.05, 0.1) is 12.7 Å². The van der Waals surface area contributed by atoms with Gasteiger partial charge in [-0.1, -0.05) is 51.1 Å². The summed E-state index contributed by atoms with van der Waals surface area (Å²) in [6, 6.07) is 10.6. The summed E-state index contributed by atoms with van der Waals surface area (Å²) in [5.74, 6) is 2.51. The first kappa shape index (κ1) is 22.7. The molecule has 3 rings (SSSR count). The van der Waals surface area contributed by atoms with E-state index in [1.165, 1.54) is 5.56 Å². The minimum atomic E-state index is -0.0258. The van der Waals surface area contributed by atoms with Crippen molar-refractivity contribution in [2.75, 3.05) is 33.2 Å². The summed E-state index contributed by atoms with van der Waals surface area (Å²) >= 11 is 0. The lowest BCUT2D eigenvalue weighted by Gasteiger charge is -2.36. The maximum absolute atomic E-state index is 5.86. The van der Waals surface area contributed by atoms with E-state index in [0.29, 0.717) is 12.4 Å².